The van der Waals surface area contributed by atoms with E-state index < -0.39 is 5.97 Å². The molecule has 3 heteroatoms. The standard InChI is InChI=1S/C14H19BrO2/c1-8(2)11-5-10(15)6-12(9(3)4)13(11)7-14(16)17/h5-6,8-9H,7H2,1-4H3,(H,16,17). The maximum absolute atomic E-state index is 11.0. The van der Waals surface area contributed by atoms with Crippen molar-refractivity contribution in [3.8, 4) is 0 Å². The molecule has 0 aromatic heterocycles. The predicted molar refractivity (Wildman–Crippen MR) is 73.7 cm³/mol. The Morgan fingerprint density at radius 2 is 1.59 bits per heavy atom. The molecular formula is C14H19BrO2. The predicted octanol–water partition coefficient (Wildman–Crippen LogP) is 4.32. The smallest absolute Gasteiger partial charge is 0.307 e. The van der Waals surface area contributed by atoms with Crippen molar-refractivity contribution < 1.29 is 9.90 Å². The largest absolute Gasteiger partial charge is 0.481 e. The van der Waals surface area contributed by atoms with Gasteiger partial charge in [0, 0.05) is 4.47 Å². The number of aliphatic carboxylic acids is 1. The molecule has 0 atom stereocenters. The van der Waals surface area contributed by atoms with Crippen LogP contribution in [0.1, 0.15) is 56.2 Å². The highest BCUT2D eigenvalue weighted by Crippen LogP contribution is 2.31. The zero-order valence-corrected chi connectivity index (χ0v) is 12.3. The second kappa shape index (κ2) is 5.67. The molecule has 0 spiro atoms. The monoisotopic (exact) mass is 298 g/mol. The fourth-order valence-corrected chi connectivity index (χ4v) is 2.56. The first-order valence-electron chi connectivity index (χ1n) is 5.87. The molecule has 0 unspecified atom stereocenters. The van der Waals surface area contributed by atoms with Crippen LogP contribution in [-0.2, 0) is 11.2 Å². The van der Waals surface area contributed by atoms with Gasteiger partial charge in [0.25, 0.3) is 0 Å². The molecule has 0 aliphatic heterocycles. The van der Waals surface area contributed by atoms with Crippen molar-refractivity contribution >= 4 is 21.9 Å². The van der Waals surface area contributed by atoms with Crippen molar-refractivity contribution in [3.05, 3.63) is 33.3 Å². The molecule has 0 saturated carbocycles. The van der Waals surface area contributed by atoms with Crippen molar-refractivity contribution in [3.63, 3.8) is 0 Å². The molecule has 0 amide bonds. The van der Waals surface area contributed by atoms with Gasteiger partial charge in [0.15, 0.2) is 0 Å². The minimum Gasteiger partial charge on any atom is -0.481 e. The molecule has 0 fully saturated rings. The Morgan fingerprint density at radius 3 is 1.88 bits per heavy atom. The summed E-state index contributed by atoms with van der Waals surface area (Å²) in [5.41, 5.74) is 3.24. The summed E-state index contributed by atoms with van der Waals surface area (Å²) in [4.78, 5) is 11.0. The van der Waals surface area contributed by atoms with Crippen molar-refractivity contribution in [2.75, 3.05) is 0 Å². The van der Waals surface area contributed by atoms with Gasteiger partial charge in [-0.2, -0.15) is 0 Å². The molecule has 1 aromatic carbocycles. The molecule has 0 aliphatic rings. The summed E-state index contributed by atoms with van der Waals surface area (Å²) in [6.07, 6.45) is 0.105. The van der Waals surface area contributed by atoms with Crippen LogP contribution in [0.25, 0.3) is 0 Å². The van der Waals surface area contributed by atoms with Crippen LogP contribution in [0, 0.1) is 0 Å². The first-order chi connectivity index (χ1) is 7.82. The van der Waals surface area contributed by atoms with Crippen LogP contribution in [0.15, 0.2) is 16.6 Å². The van der Waals surface area contributed by atoms with E-state index in [0.29, 0.717) is 11.8 Å². The lowest BCUT2D eigenvalue weighted by Gasteiger charge is -2.19. The van der Waals surface area contributed by atoms with Gasteiger partial charge in [0.05, 0.1) is 6.42 Å². The summed E-state index contributed by atoms with van der Waals surface area (Å²) >= 11 is 3.50. The topological polar surface area (TPSA) is 37.3 Å². The van der Waals surface area contributed by atoms with Gasteiger partial charge in [0.1, 0.15) is 0 Å². The maximum atomic E-state index is 11.0. The third kappa shape index (κ3) is 3.56. The summed E-state index contributed by atoms with van der Waals surface area (Å²) in [6.45, 7) is 8.38. The molecule has 1 N–H and O–H groups in total. The Balaban J connectivity index is 3.41. The van der Waals surface area contributed by atoms with Crippen LogP contribution in [-0.4, -0.2) is 11.1 Å². The van der Waals surface area contributed by atoms with E-state index in [0.717, 1.165) is 21.2 Å². The third-order valence-electron chi connectivity index (χ3n) is 2.86. The van der Waals surface area contributed by atoms with Crippen LogP contribution in [0.4, 0.5) is 0 Å². The van der Waals surface area contributed by atoms with Gasteiger partial charge in [-0.25, -0.2) is 0 Å². The minimum atomic E-state index is -0.767. The number of hydrogen-bond acceptors (Lipinski definition) is 1. The summed E-state index contributed by atoms with van der Waals surface area (Å²) in [5.74, 6) is -0.102. The van der Waals surface area contributed by atoms with Gasteiger partial charge < -0.3 is 5.11 Å². The molecule has 1 rings (SSSR count). The molecule has 0 aliphatic carbocycles. The normalized spacial score (nSPS) is 11.2. The molecule has 0 radical (unpaired) electrons. The van der Waals surface area contributed by atoms with Crippen molar-refractivity contribution in [1.82, 2.24) is 0 Å². The number of halogens is 1. The average molecular weight is 299 g/mol. The van der Waals surface area contributed by atoms with E-state index in [1.54, 1.807) is 0 Å². The summed E-state index contributed by atoms with van der Waals surface area (Å²) in [5, 5.41) is 9.04. The van der Waals surface area contributed by atoms with Crippen molar-refractivity contribution in [1.29, 1.82) is 0 Å². The van der Waals surface area contributed by atoms with Gasteiger partial charge >= 0.3 is 5.97 Å². The zero-order valence-electron chi connectivity index (χ0n) is 10.7. The molecule has 1 aromatic rings. The van der Waals surface area contributed by atoms with Crippen LogP contribution < -0.4 is 0 Å². The highest BCUT2D eigenvalue weighted by Gasteiger charge is 2.17. The Bertz CT molecular complexity index is 393. The highest BCUT2D eigenvalue weighted by atomic mass is 79.9. The number of carbonyl (C=O) groups is 1. The van der Waals surface area contributed by atoms with E-state index in [9.17, 15) is 4.79 Å². The van der Waals surface area contributed by atoms with Gasteiger partial charge in [-0.15, -0.1) is 0 Å². The number of hydrogen-bond donors (Lipinski definition) is 1. The van der Waals surface area contributed by atoms with Crippen molar-refractivity contribution in [2.45, 2.75) is 46.0 Å². The number of benzene rings is 1. The molecule has 0 bridgehead atoms. The Hall–Kier alpha value is -0.830. The van der Waals surface area contributed by atoms with Crippen LogP contribution >= 0.6 is 15.9 Å². The van der Waals surface area contributed by atoms with Crippen LogP contribution in [0.2, 0.25) is 0 Å². The van der Waals surface area contributed by atoms with Crippen molar-refractivity contribution in [2.24, 2.45) is 0 Å². The highest BCUT2D eigenvalue weighted by molar-refractivity contribution is 9.10. The molecular weight excluding hydrogens is 280 g/mol. The lowest BCUT2D eigenvalue weighted by atomic mass is 9.87. The summed E-state index contributed by atoms with van der Waals surface area (Å²) in [6, 6.07) is 4.07. The zero-order chi connectivity index (χ0) is 13.2. The lowest BCUT2D eigenvalue weighted by Crippen LogP contribution is -2.09. The van der Waals surface area contributed by atoms with E-state index in [4.69, 9.17) is 5.11 Å². The minimum absolute atomic E-state index is 0.105. The summed E-state index contributed by atoms with van der Waals surface area (Å²) in [7, 11) is 0. The first-order valence-corrected chi connectivity index (χ1v) is 6.66. The van der Waals surface area contributed by atoms with Gasteiger partial charge in [-0.3, -0.25) is 4.79 Å². The van der Waals surface area contributed by atoms with Crippen LogP contribution in [0.5, 0.6) is 0 Å². The second-order valence-corrected chi connectivity index (χ2v) is 5.86. The summed E-state index contributed by atoms with van der Waals surface area (Å²) < 4.78 is 1.03. The van der Waals surface area contributed by atoms with E-state index in [1.807, 2.05) is 12.1 Å². The molecule has 17 heavy (non-hydrogen) atoms. The molecule has 94 valence electrons. The average Bonchev–Trinajstić information content (AvgIpc) is 2.18. The Kier molecular flexibility index (Phi) is 4.75. The molecule has 2 nitrogen and oxygen atoms in total. The van der Waals surface area contributed by atoms with Gasteiger partial charge in [-0.1, -0.05) is 43.6 Å². The Morgan fingerprint density at radius 1 is 1.18 bits per heavy atom. The molecule has 0 heterocycles. The first kappa shape index (κ1) is 14.2. The number of carboxylic acids is 1. The fraction of sp³-hybridized carbons (Fsp3) is 0.500. The second-order valence-electron chi connectivity index (χ2n) is 4.94. The van der Waals surface area contributed by atoms with Crippen LogP contribution in [0.3, 0.4) is 0 Å². The van der Waals surface area contributed by atoms with E-state index >= 15 is 0 Å². The van der Waals surface area contributed by atoms with E-state index in [-0.39, 0.29) is 6.42 Å². The lowest BCUT2D eigenvalue weighted by molar-refractivity contribution is -0.136. The fourth-order valence-electron chi connectivity index (χ4n) is 2.07. The maximum Gasteiger partial charge on any atom is 0.307 e. The van der Waals surface area contributed by atoms with Gasteiger partial charge in [-0.05, 0) is 40.7 Å². The van der Waals surface area contributed by atoms with E-state index in [1.165, 1.54) is 0 Å². The third-order valence-corrected chi connectivity index (χ3v) is 3.31. The quantitative estimate of drug-likeness (QED) is 0.899. The number of carboxylic acid groups (broad SMARTS) is 1. The Labute approximate surface area is 111 Å². The number of rotatable bonds is 4. The SMILES string of the molecule is CC(C)c1cc(Br)cc(C(C)C)c1CC(=O)O. The molecule has 0 saturated heterocycles. The van der Waals surface area contributed by atoms with Gasteiger partial charge in [0.2, 0.25) is 0 Å². The van der Waals surface area contributed by atoms with E-state index in [2.05, 4.69) is 43.6 Å².